The van der Waals surface area contributed by atoms with E-state index in [2.05, 4.69) is 31.1 Å². The van der Waals surface area contributed by atoms with Gasteiger partial charge in [-0.3, -0.25) is 4.79 Å². The second-order valence-corrected chi connectivity index (χ2v) is 7.26. The number of nitrogens with one attached hydrogen (secondary N) is 1. The van der Waals surface area contributed by atoms with E-state index in [9.17, 15) is 4.79 Å². The van der Waals surface area contributed by atoms with Gasteiger partial charge in [0.25, 0.3) is 0 Å². The smallest absolute Gasteiger partial charge is 0.225 e. The van der Waals surface area contributed by atoms with Crippen LogP contribution in [0.5, 0.6) is 0 Å². The average Bonchev–Trinajstić information content (AvgIpc) is 2.39. The number of aromatic nitrogens is 1. The standard InChI is InChI=1S/C15H22BrN3O/c1-15(2,3)14(20)18-12-5-4-8-19(10-12)13-7-6-11(16)9-17-13/h6-7,9,12H,4-5,8,10H2,1-3H3,(H,18,20). The average molecular weight is 340 g/mol. The third-order valence-corrected chi connectivity index (χ3v) is 3.94. The van der Waals surface area contributed by atoms with E-state index in [4.69, 9.17) is 0 Å². The number of nitrogens with zero attached hydrogens (tertiary/aromatic N) is 2. The minimum Gasteiger partial charge on any atom is -0.355 e. The molecule has 20 heavy (non-hydrogen) atoms. The zero-order chi connectivity index (χ0) is 14.8. The molecule has 1 aromatic rings. The molecule has 1 amide bonds. The molecule has 0 aliphatic carbocycles. The van der Waals surface area contributed by atoms with Crippen LogP contribution in [-0.2, 0) is 4.79 Å². The van der Waals surface area contributed by atoms with Gasteiger partial charge in [-0.05, 0) is 40.9 Å². The highest BCUT2D eigenvalue weighted by atomic mass is 79.9. The molecule has 1 saturated heterocycles. The van der Waals surface area contributed by atoms with Gasteiger partial charge in [-0.1, -0.05) is 20.8 Å². The van der Waals surface area contributed by atoms with Crippen LogP contribution in [0.15, 0.2) is 22.8 Å². The largest absolute Gasteiger partial charge is 0.355 e. The molecule has 5 heteroatoms. The molecule has 2 heterocycles. The number of halogens is 1. The van der Waals surface area contributed by atoms with E-state index in [1.165, 1.54) is 0 Å². The highest BCUT2D eigenvalue weighted by Crippen LogP contribution is 2.21. The lowest BCUT2D eigenvalue weighted by Gasteiger charge is -2.35. The molecule has 1 atom stereocenters. The van der Waals surface area contributed by atoms with E-state index in [-0.39, 0.29) is 17.4 Å². The lowest BCUT2D eigenvalue weighted by atomic mass is 9.94. The number of pyridine rings is 1. The molecule has 1 aliphatic rings. The predicted octanol–water partition coefficient (Wildman–Crippen LogP) is 2.98. The van der Waals surface area contributed by atoms with Crippen LogP contribution in [0, 0.1) is 5.41 Å². The molecule has 4 nitrogen and oxygen atoms in total. The highest BCUT2D eigenvalue weighted by Gasteiger charge is 2.27. The summed E-state index contributed by atoms with van der Waals surface area (Å²) in [7, 11) is 0. The van der Waals surface area contributed by atoms with Crippen molar-refractivity contribution in [2.75, 3.05) is 18.0 Å². The summed E-state index contributed by atoms with van der Waals surface area (Å²) in [5.41, 5.74) is -0.335. The van der Waals surface area contributed by atoms with Crippen LogP contribution < -0.4 is 10.2 Å². The van der Waals surface area contributed by atoms with E-state index in [1.807, 2.05) is 39.1 Å². The molecule has 1 aliphatic heterocycles. The van der Waals surface area contributed by atoms with Crippen molar-refractivity contribution in [3.05, 3.63) is 22.8 Å². The number of amides is 1. The fourth-order valence-corrected chi connectivity index (χ4v) is 2.49. The number of carbonyl (C=O) groups excluding carboxylic acids is 1. The predicted molar refractivity (Wildman–Crippen MR) is 84.8 cm³/mol. The van der Waals surface area contributed by atoms with Gasteiger partial charge >= 0.3 is 0 Å². The number of hydrogen-bond acceptors (Lipinski definition) is 3. The van der Waals surface area contributed by atoms with Gasteiger partial charge in [0.2, 0.25) is 5.91 Å². The number of anilines is 1. The van der Waals surface area contributed by atoms with Gasteiger partial charge in [0, 0.05) is 35.2 Å². The van der Waals surface area contributed by atoms with Crippen molar-refractivity contribution in [1.82, 2.24) is 10.3 Å². The van der Waals surface area contributed by atoms with Crippen LogP contribution in [0.25, 0.3) is 0 Å². The van der Waals surface area contributed by atoms with Crippen molar-refractivity contribution in [3.63, 3.8) is 0 Å². The Morgan fingerprint density at radius 1 is 1.45 bits per heavy atom. The summed E-state index contributed by atoms with van der Waals surface area (Å²) in [6, 6.07) is 4.22. The van der Waals surface area contributed by atoms with E-state index in [0.29, 0.717) is 0 Å². The number of piperidine rings is 1. The molecule has 0 spiro atoms. The van der Waals surface area contributed by atoms with Gasteiger partial charge in [-0.25, -0.2) is 4.98 Å². The highest BCUT2D eigenvalue weighted by molar-refractivity contribution is 9.10. The van der Waals surface area contributed by atoms with Crippen molar-refractivity contribution in [2.24, 2.45) is 5.41 Å². The van der Waals surface area contributed by atoms with Crippen LogP contribution in [0.2, 0.25) is 0 Å². The second-order valence-electron chi connectivity index (χ2n) is 6.34. The molecule has 2 rings (SSSR count). The summed E-state index contributed by atoms with van der Waals surface area (Å²) in [5, 5.41) is 3.15. The molecule has 1 fully saturated rings. The maximum absolute atomic E-state index is 12.1. The Balaban J connectivity index is 1.98. The van der Waals surface area contributed by atoms with Crippen LogP contribution in [0.4, 0.5) is 5.82 Å². The molecule has 0 bridgehead atoms. The first-order valence-electron chi connectivity index (χ1n) is 7.04. The summed E-state index contributed by atoms with van der Waals surface area (Å²) in [6.07, 6.45) is 3.92. The van der Waals surface area contributed by atoms with Crippen LogP contribution in [0.3, 0.4) is 0 Å². The molecule has 110 valence electrons. The van der Waals surface area contributed by atoms with E-state index >= 15 is 0 Å². The van der Waals surface area contributed by atoms with Crippen molar-refractivity contribution in [1.29, 1.82) is 0 Å². The van der Waals surface area contributed by atoms with Crippen molar-refractivity contribution in [2.45, 2.75) is 39.7 Å². The maximum Gasteiger partial charge on any atom is 0.225 e. The van der Waals surface area contributed by atoms with Crippen LogP contribution >= 0.6 is 15.9 Å². The first-order valence-corrected chi connectivity index (χ1v) is 7.83. The van der Waals surface area contributed by atoms with Crippen molar-refractivity contribution >= 4 is 27.7 Å². The summed E-state index contributed by atoms with van der Waals surface area (Å²) in [4.78, 5) is 18.7. The first-order chi connectivity index (χ1) is 9.36. The quantitative estimate of drug-likeness (QED) is 0.900. The molecule has 0 saturated carbocycles. The zero-order valence-corrected chi connectivity index (χ0v) is 13.9. The maximum atomic E-state index is 12.1. The molecule has 1 aromatic heterocycles. The summed E-state index contributed by atoms with van der Waals surface area (Å²) in [5.74, 6) is 1.09. The Hall–Kier alpha value is -1.10. The Bertz CT molecular complexity index is 467. The molecule has 1 N–H and O–H groups in total. The molecular weight excluding hydrogens is 318 g/mol. The minimum absolute atomic E-state index is 0.119. The zero-order valence-electron chi connectivity index (χ0n) is 12.3. The van der Waals surface area contributed by atoms with Crippen molar-refractivity contribution in [3.8, 4) is 0 Å². The van der Waals surface area contributed by atoms with Gasteiger partial charge in [0.05, 0.1) is 0 Å². The summed E-state index contributed by atoms with van der Waals surface area (Å²) >= 11 is 3.40. The van der Waals surface area contributed by atoms with E-state index in [0.717, 1.165) is 36.2 Å². The van der Waals surface area contributed by atoms with Crippen molar-refractivity contribution < 1.29 is 4.79 Å². The Morgan fingerprint density at radius 2 is 2.20 bits per heavy atom. The first kappa shape index (κ1) is 15.3. The topological polar surface area (TPSA) is 45.2 Å². The van der Waals surface area contributed by atoms with Crippen LogP contribution in [-0.4, -0.2) is 30.0 Å². The van der Waals surface area contributed by atoms with Gasteiger partial charge in [-0.15, -0.1) is 0 Å². The third kappa shape index (κ3) is 3.95. The Labute approximate surface area is 129 Å². The number of hydrogen-bond donors (Lipinski definition) is 1. The molecular formula is C15H22BrN3O. The monoisotopic (exact) mass is 339 g/mol. The lowest BCUT2D eigenvalue weighted by Crippen LogP contribution is -2.50. The fourth-order valence-electron chi connectivity index (χ4n) is 2.26. The SMILES string of the molecule is CC(C)(C)C(=O)NC1CCCN(c2ccc(Br)cn2)C1. The molecule has 1 unspecified atom stereocenters. The summed E-state index contributed by atoms with van der Waals surface area (Å²) in [6.45, 7) is 7.66. The number of rotatable bonds is 2. The van der Waals surface area contributed by atoms with E-state index in [1.54, 1.807) is 0 Å². The Kier molecular flexibility index (Phi) is 4.68. The number of carbonyl (C=O) groups is 1. The minimum atomic E-state index is -0.335. The van der Waals surface area contributed by atoms with Crippen LogP contribution in [0.1, 0.15) is 33.6 Å². The third-order valence-electron chi connectivity index (χ3n) is 3.47. The van der Waals surface area contributed by atoms with Gasteiger partial charge < -0.3 is 10.2 Å². The molecule has 0 radical (unpaired) electrons. The van der Waals surface area contributed by atoms with Gasteiger partial charge in [0.1, 0.15) is 5.82 Å². The van der Waals surface area contributed by atoms with E-state index < -0.39 is 0 Å². The normalized spacial score (nSPS) is 19.8. The Morgan fingerprint density at radius 3 is 2.80 bits per heavy atom. The lowest BCUT2D eigenvalue weighted by molar-refractivity contribution is -0.129. The summed E-state index contributed by atoms with van der Waals surface area (Å²) < 4.78 is 0.982. The molecule has 0 aromatic carbocycles. The second kappa shape index (κ2) is 6.12. The fraction of sp³-hybridized carbons (Fsp3) is 0.600. The van der Waals surface area contributed by atoms with Gasteiger partial charge in [0.15, 0.2) is 0 Å². The van der Waals surface area contributed by atoms with Gasteiger partial charge in [-0.2, -0.15) is 0 Å².